The summed E-state index contributed by atoms with van der Waals surface area (Å²) in [6.07, 6.45) is 1.47. The number of carbonyl (C=O) groups excluding carboxylic acids is 1. The molecule has 0 aromatic heterocycles. The van der Waals surface area contributed by atoms with E-state index in [0.717, 1.165) is 5.56 Å². The lowest BCUT2D eigenvalue weighted by atomic mass is 9.98. The zero-order chi connectivity index (χ0) is 20.1. The SMILES string of the molecule is O=C(OCCc1ccccc1)C1CCN(S(=O)(=O)c2c(Cl)cccc2Cl)CC1. The summed E-state index contributed by atoms with van der Waals surface area (Å²) in [5, 5.41) is 0.185. The average Bonchev–Trinajstić information content (AvgIpc) is 2.68. The number of ether oxygens (including phenoxy) is 1. The number of nitrogens with zero attached hydrogens (tertiary/aromatic N) is 1. The number of rotatable bonds is 6. The minimum atomic E-state index is -3.81. The van der Waals surface area contributed by atoms with Crippen molar-refractivity contribution in [3.8, 4) is 0 Å². The van der Waals surface area contributed by atoms with Crippen molar-refractivity contribution in [2.75, 3.05) is 19.7 Å². The first kappa shape index (κ1) is 21.1. The standard InChI is InChI=1S/C20H21Cl2NO4S/c21-17-7-4-8-18(22)19(17)28(25,26)23-12-9-16(10-13-23)20(24)27-14-11-15-5-2-1-3-6-15/h1-8,16H,9-14H2. The second-order valence-electron chi connectivity index (χ2n) is 6.63. The van der Waals surface area contributed by atoms with Crippen LogP contribution < -0.4 is 0 Å². The van der Waals surface area contributed by atoms with Crippen molar-refractivity contribution in [2.45, 2.75) is 24.2 Å². The summed E-state index contributed by atoms with van der Waals surface area (Å²) in [7, 11) is -3.81. The summed E-state index contributed by atoms with van der Waals surface area (Å²) < 4.78 is 32.5. The molecule has 0 atom stereocenters. The van der Waals surface area contributed by atoms with Gasteiger partial charge in [0.2, 0.25) is 10.0 Å². The van der Waals surface area contributed by atoms with Gasteiger partial charge < -0.3 is 4.74 Å². The van der Waals surface area contributed by atoms with E-state index in [-0.39, 0.29) is 39.9 Å². The first-order valence-corrected chi connectivity index (χ1v) is 11.2. The van der Waals surface area contributed by atoms with Crippen LogP contribution in [0.1, 0.15) is 18.4 Å². The van der Waals surface area contributed by atoms with Crippen molar-refractivity contribution in [2.24, 2.45) is 5.92 Å². The first-order valence-electron chi connectivity index (χ1n) is 9.04. The van der Waals surface area contributed by atoms with Gasteiger partial charge in [-0.2, -0.15) is 4.31 Å². The van der Waals surface area contributed by atoms with E-state index in [1.54, 1.807) is 6.07 Å². The molecule has 1 fully saturated rings. The molecule has 3 rings (SSSR count). The van der Waals surface area contributed by atoms with Crippen LogP contribution >= 0.6 is 23.2 Å². The molecule has 0 amide bonds. The van der Waals surface area contributed by atoms with Crippen LogP contribution in [0.4, 0.5) is 0 Å². The minimum Gasteiger partial charge on any atom is -0.465 e. The maximum Gasteiger partial charge on any atom is 0.309 e. The fourth-order valence-corrected chi connectivity index (χ4v) is 5.78. The van der Waals surface area contributed by atoms with E-state index in [0.29, 0.717) is 25.9 Å². The summed E-state index contributed by atoms with van der Waals surface area (Å²) in [6, 6.07) is 14.4. The molecule has 1 aliphatic rings. The number of hydrogen-bond donors (Lipinski definition) is 0. The van der Waals surface area contributed by atoms with Gasteiger partial charge in [-0.15, -0.1) is 0 Å². The molecule has 8 heteroatoms. The van der Waals surface area contributed by atoms with Gasteiger partial charge in [-0.1, -0.05) is 59.6 Å². The topological polar surface area (TPSA) is 63.7 Å². The van der Waals surface area contributed by atoms with Gasteiger partial charge in [0.15, 0.2) is 0 Å². The Morgan fingerprint density at radius 2 is 1.61 bits per heavy atom. The van der Waals surface area contributed by atoms with Gasteiger partial charge in [-0.3, -0.25) is 4.79 Å². The predicted molar refractivity (Wildman–Crippen MR) is 109 cm³/mol. The number of benzene rings is 2. The Kier molecular flexibility index (Phi) is 6.99. The summed E-state index contributed by atoms with van der Waals surface area (Å²) in [4.78, 5) is 12.2. The molecule has 0 radical (unpaired) electrons. The maximum atomic E-state index is 12.9. The Bertz CT molecular complexity index is 906. The monoisotopic (exact) mass is 441 g/mol. The van der Waals surface area contributed by atoms with E-state index in [1.807, 2.05) is 30.3 Å². The Balaban J connectivity index is 1.54. The molecular weight excluding hydrogens is 421 g/mol. The number of carbonyl (C=O) groups is 1. The molecular formula is C20H21Cl2NO4S. The van der Waals surface area contributed by atoms with E-state index < -0.39 is 10.0 Å². The summed E-state index contributed by atoms with van der Waals surface area (Å²) in [5.74, 6) is -0.576. The predicted octanol–water partition coefficient (Wildman–Crippen LogP) is 4.18. The van der Waals surface area contributed by atoms with Crippen molar-refractivity contribution in [3.05, 3.63) is 64.1 Å². The molecule has 0 aliphatic carbocycles. The highest BCUT2D eigenvalue weighted by atomic mass is 35.5. The summed E-state index contributed by atoms with van der Waals surface area (Å²) in [6.45, 7) is 0.765. The van der Waals surface area contributed by atoms with Crippen molar-refractivity contribution in [1.82, 2.24) is 4.31 Å². The van der Waals surface area contributed by atoms with Crippen molar-refractivity contribution in [3.63, 3.8) is 0 Å². The molecule has 2 aromatic carbocycles. The normalized spacial score (nSPS) is 16.1. The Morgan fingerprint density at radius 3 is 2.21 bits per heavy atom. The van der Waals surface area contributed by atoms with Gasteiger partial charge in [0.1, 0.15) is 4.90 Å². The van der Waals surface area contributed by atoms with E-state index in [1.165, 1.54) is 16.4 Å². The zero-order valence-electron chi connectivity index (χ0n) is 15.2. The van der Waals surface area contributed by atoms with E-state index in [9.17, 15) is 13.2 Å². The highest BCUT2D eigenvalue weighted by Gasteiger charge is 2.34. The molecule has 1 heterocycles. The lowest BCUT2D eigenvalue weighted by molar-refractivity contribution is -0.149. The smallest absolute Gasteiger partial charge is 0.309 e. The third-order valence-electron chi connectivity index (χ3n) is 4.78. The molecule has 1 aliphatic heterocycles. The molecule has 0 spiro atoms. The van der Waals surface area contributed by atoms with Crippen LogP contribution in [0, 0.1) is 5.92 Å². The number of piperidine rings is 1. The Labute approximate surface area is 175 Å². The lowest BCUT2D eigenvalue weighted by Crippen LogP contribution is -2.40. The highest BCUT2D eigenvalue weighted by Crippen LogP contribution is 2.33. The molecule has 0 N–H and O–H groups in total. The molecule has 28 heavy (non-hydrogen) atoms. The zero-order valence-corrected chi connectivity index (χ0v) is 17.5. The van der Waals surface area contributed by atoms with Gasteiger partial charge in [0.25, 0.3) is 0 Å². The number of sulfonamides is 1. The highest BCUT2D eigenvalue weighted by molar-refractivity contribution is 7.89. The van der Waals surface area contributed by atoms with Crippen LogP contribution in [0.15, 0.2) is 53.4 Å². The maximum absolute atomic E-state index is 12.9. The first-order chi connectivity index (χ1) is 13.4. The second-order valence-corrected chi connectivity index (χ2v) is 9.32. The number of esters is 1. The van der Waals surface area contributed by atoms with Crippen LogP contribution in [0.3, 0.4) is 0 Å². The molecule has 5 nitrogen and oxygen atoms in total. The molecule has 2 aromatic rings. The number of halogens is 2. The fraction of sp³-hybridized carbons (Fsp3) is 0.350. The van der Waals surface area contributed by atoms with Crippen molar-refractivity contribution >= 4 is 39.2 Å². The largest absolute Gasteiger partial charge is 0.465 e. The Morgan fingerprint density at radius 1 is 1.00 bits per heavy atom. The number of hydrogen-bond acceptors (Lipinski definition) is 4. The average molecular weight is 442 g/mol. The van der Waals surface area contributed by atoms with Crippen LogP contribution in [0.5, 0.6) is 0 Å². The molecule has 0 saturated carbocycles. The van der Waals surface area contributed by atoms with E-state index >= 15 is 0 Å². The fourth-order valence-electron chi connectivity index (χ4n) is 3.22. The molecule has 0 unspecified atom stereocenters. The summed E-state index contributed by atoms with van der Waals surface area (Å²) in [5.41, 5.74) is 1.10. The van der Waals surface area contributed by atoms with Gasteiger partial charge >= 0.3 is 5.97 Å². The van der Waals surface area contributed by atoms with Gasteiger partial charge in [0, 0.05) is 19.5 Å². The van der Waals surface area contributed by atoms with E-state index in [4.69, 9.17) is 27.9 Å². The third-order valence-corrected chi connectivity index (χ3v) is 7.64. The van der Waals surface area contributed by atoms with Crippen LogP contribution in [-0.4, -0.2) is 38.4 Å². The lowest BCUT2D eigenvalue weighted by Gasteiger charge is -2.30. The minimum absolute atomic E-state index is 0.0813. The third kappa shape index (κ3) is 4.87. The molecule has 0 bridgehead atoms. The second kappa shape index (κ2) is 9.27. The van der Waals surface area contributed by atoms with Crippen LogP contribution in [-0.2, 0) is 26.0 Å². The van der Waals surface area contributed by atoms with Gasteiger partial charge in [-0.05, 0) is 30.5 Å². The molecule has 1 saturated heterocycles. The van der Waals surface area contributed by atoms with Crippen LogP contribution in [0.25, 0.3) is 0 Å². The molecule has 150 valence electrons. The van der Waals surface area contributed by atoms with E-state index in [2.05, 4.69) is 0 Å². The van der Waals surface area contributed by atoms with Gasteiger partial charge in [-0.25, -0.2) is 8.42 Å². The van der Waals surface area contributed by atoms with Crippen LogP contribution in [0.2, 0.25) is 10.0 Å². The Hall–Kier alpha value is -1.60. The van der Waals surface area contributed by atoms with Gasteiger partial charge in [0.05, 0.1) is 22.6 Å². The quantitative estimate of drug-likeness (QED) is 0.630. The summed E-state index contributed by atoms with van der Waals surface area (Å²) >= 11 is 12.1. The van der Waals surface area contributed by atoms with Crippen molar-refractivity contribution in [1.29, 1.82) is 0 Å². The van der Waals surface area contributed by atoms with Crippen molar-refractivity contribution < 1.29 is 17.9 Å².